The van der Waals surface area contributed by atoms with Crippen molar-refractivity contribution >= 4 is 0 Å². The second-order valence-electron chi connectivity index (χ2n) is 3.36. The fourth-order valence-corrected chi connectivity index (χ4v) is 1.28. The van der Waals surface area contributed by atoms with Crippen LogP contribution in [0.5, 0.6) is 0 Å². The Morgan fingerprint density at radius 2 is 2.00 bits per heavy atom. The average molecular weight is 131 g/mol. The van der Waals surface area contributed by atoms with Gasteiger partial charge in [0.05, 0.1) is 0 Å². The molecule has 1 aliphatic rings. The average Bonchev–Trinajstić information content (AvgIpc) is 1.62. The van der Waals surface area contributed by atoms with Gasteiger partial charge < -0.3 is 5.73 Å². The van der Waals surface area contributed by atoms with Gasteiger partial charge in [-0.05, 0) is 18.8 Å². The fourth-order valence-electron chi connectivity index (χ4n) is 1.28. The Kier molecular flexibility index (Phi) is 1.51. The predicted molar refractivity (Wildman–Crippen MR) is 35.9 cm³/mol. The van der Waals surface area contributed by atoms with Crippen molar-refractivity contribution in [3.63, 3.8) is 0 Å². The first-order chi connectivity index (χ1) is 4.04. The number of hydrogen-bond acceptors (Lipinski definition) is 1. The summed E-state index contributed by atoms with van der Waals surface area (Å²) in [6, 6.07) is 0.123. The van der Waals surface area contributed by atoms with Crippen LogP contribution >= 0.6 is 0 Å². The van der Waals surface area contributed by atoms with E-state index in [1.165, 1.54) is 0 Å². The molecule has 9 heavy (non-hydrogen) atoms. The Morgan fingerprint density at radius 1 is 1.56 bits per heavy atom. The molecule has 0 atom stereocenters. The molecular weight excluding hydrogens is 117 g/mol. The van der Waals surface area contributed by atoms with Crippen molar-refractivity contribution in [1.82, 2.24) is 0 Å². The molecule has 0 heterocycles. The minimum atomic E-state index is -0.931. The number of alkyl halides is 1. The summed E-state index contributed by atoms with van der Waals surface area (Å²) in [7, 11) is 0. The molecule has 2 heteroatoms. The van der Waals surface area contributed by atoms with Gasteiger partial charge in [-0.25, -0.2) is 4.39 Å². The molecule has 0 aromatic heterocycles. The van der Waals surface area contributed by atoms with E-state index >= 15 is 0 Å². The zero-order valence-corrected chi connectivity index (χ0v) is 6.02. The van der Waals surface area contributed by atoms with Gasteiger partial charge in [0.15, 0.2) is 0 Å². The first-order valence-corrected chi connectivity index (χ1v) is 3.49. The van der Waals surface area contributed by atoms with E-state index < -0.39 is 5.67 Å². The second-order valence-corrected chi connectivity index (χ2v) is 3.36. The van der Waals surface area contributed by atoms with Crippen molar-refractivity contribution in [2.75, 3.05) is 0 Å². The Labute approximate surface area is 55.4 Å². The van der Waals surface area contributed by atoms with Gasteiger partial charge in [0.25, 0.3) is 0 Å². The van der Waals surface area contributed by atoms with Crippen molar-refractivity contribution < 1.29 is 4.39 Å². The highest BCUT2D eigenvalue weighted by atomic mass is 19.1. The number of rotatable bonds is 1. The highest BCUT2D eigenvalue weighted by Gasteiger charge is 2.45. The molecular formula is C7H14FN. The first kappa shape index (κ1) is 7.00. The normalized spacial score (nSPS) is 43.0. The van der Waals surface area contributed by atoms with Crippen molar-refractivity contribution in [1.29, 1.82) is 0 Å². The third-order valence-corrected chi connectivity index (χ3v) is 2.24. The minimum Gasteiger partial charge on any atom is -0.327 e. The van der Waals surface area contributed by atoms with Gasteiger partial charge >= 0.3 is 0 Å². The van der Waals surface area contributed by atoms with E-state index in [2.05, 4.69) is 0 Å². The molecule has 1 nitrogen and oxygen atoms in total. The third kappa shape index (κ3) is 1.08. The van der Waals surface area contributed by atoms with Crippen molar-refractivity contribution in [2.24, 2.45) is 11.7 Å². The van der Waals surface area contributed by atoms with E-state index in [0.717, 1.165) is 0 Å². The van der Waals surface area contributed by atoms with Gasteiger partial charge in [-0.3, -0.25) is 0 Å². The largest absolute Gasteiger partial charge is 0.327 e. The zero-order chi connectivity index (χ0) is 7.07. The summed E-state index contributed by atoms with van der Waals surface area (Å²) < 4.78 is 13.2. The van der Waals surface area contributed by atoms with Crippen LogP contribution in [0, 0.1) is 5.92 Å². The van der Waals surface area contributed by atoms with Crippen molar-refractivity contribution in [2.45, 2.75) is 38.4 Å². The lowest BCUT2D eigenvalue weighted by Crippen LogP contribution is -2.51. The van der Waals surface area contributed by atoms with E-state index in [1.807, 2.05) is 13.8 Å². The predicted octanol–water partition coefficient (Wildman–Crippen LogP) is 1.47. The standard InChI is InChI=1S/C7H14FN/c1-5(2)7(8)3-6(9)4-7/h5-6H,3-4,9H2,1-2H3. The third-order valence-electron chi connectivity index (χ3n) is 2.24. The second kappa shape index (κ2) is 1.94. The van der Waals surface area contributed by atoms with Crippen LogP contribution in [-0.2, 0) is 0 Å². The lowest BCUT2D eigenvalue weighted by molar-refractivity contribution is -0.00176. The maximum atomic E-state index is 13.2. The van der Waals surface area contributed by atoms with E-state index in [9.17, 15) is 4.39 Å². The van der Waals surface area contributed by atoms with Gasteiger partial charge in [0, 0.05) is 6.04 Å². The topological polar surface area (TPSA) is 26.0 Å². The smallest absolute Gasteiger partial charge is 0.116 e. The summed E-state index contributed by atoms with van der Waals surface area (Å²) in [4.78, 5) is 0. The van der Waals surface area contributed by atoms with E-state index in [-0.39, 0.29) is 12.0 Å². The molecule has 0 spiro atoms. The van der Waals surface area contributed by atoms with Gasteiger partial charge in [0.2, 0.25) is 0 Å². The molecule has 54 valence electrons. The molecule has 0 aromatic carbocycles. The maximum Gasteiger partial charge on any atom is 0.116 e. The summed E-state index contributed by atoms with van der Waals surface area (Å²) in [5.74, 6) is 0.136. The van der Waals surface area contributed by atoms with Crippen LogP contribution in [0.3, 0.4) is 0 Å². The molecule has 0 saturated heterocycles. The fraction of sp³-hybridized carbons (Fsp3) is 1.00. The summed E-state index contributed by atoms with van der Waals surface area (Å²) >= 11 is 0. The van der Waals surface area contributed by atoms with Crippen LogP contribution in [0.1, 0.15) is 26.7 Å². The van der Waals surface area contributed by atoms with Gasteiger partial charge in [-0.1, -0.05) is 13.8 Å². The molecule has 0 radical (unpaired) electrons. The molecule has 0 amide bonds. The lowest BCUT2D eigenvalue weighted by Gasteiger charge is -2.42. The number of nitrogens with two attached hydrogens (primary N) is 1. The summed E-state index contributed by atoms with van der Waals surface area (Å²) in [5.41, 5.74) is 4.52. The van der Waals surface area contributed by atoms with Crippen LogP contribution in [0.2, 0.25) is 0 Å². The van der Waals surface area contributed by atoms with E-state index in [0.29, 0.717) is 12.8 Å². The minimum absolute atomic E-state index is 0.123. The highest BCUT2D eigenvalue weighted by Crippen LogP contribution is 2.40. The number of hydrogen-bond donors (Lipinski definition) is 1. The monoisotopic (exact) mass is 131 g/mol. The van der Waals surface area contributed by atoms with Crippen LogP contribution in [-0.4, -0.2) is 11.7 Å². The van der Waals surface area contributed by atoms with Gasteiger partial charge in [-0.15, -0.1) is 0 Å². The van der Waals surface area contributed by atoms with Crippen LogP contribution in [0.15, 0.2) is 0 Å². The molecule has 0 aliphatic heterocycles. The van der Waals surface area contributed by atoms with E-state index in [4.69, 9.17) is 5.73 Å². The molecule has 2 N–H and O–H groups in total. The molecule has 0 unspecified atom stereocenters. The van der Waals surface area contributed by atoms with Crippen molar-refractivity contribution in [3.05, 3.63) is 0 Å². The zero-order valence-electron chi connectivity index (χ0n) is 6.02. The molecule has 1 saturated carbocycles. The van der Waals surface area contributed by atoms with Gasteiger partial charge in [0.1, 0.15) is 5.67 Å². The Bertz CT molecular complexity index is 105. The molecule has 1 aliphatic carbocycles. The molecule has 0 bridgehead atoms. The lowest BCUT2D eigenvalue weighted by atomic mass is 9.71. The first-order valence-electron chi connectivity index (χ1n) is 3.49. The van der Waals surface area contributed by atoms with Crippen LogP contribution in [0.25, 0.3) is 0 Å². The van der Waals surface area contributed by atoms with Gasteiger partial charge in [-0.2, -0.15) is 0 Å². The summed E-state index contributed by atoms with van der Waals surface area (Å²) in [6.07, 6.45) is 1.12. The molecule has 1 rings (SSSR count). The van der Waals surface area contributed by atoms with Crippen molar-refractivity contribution in [3.8, 4) is 0 Å². The molecule has 1 fully saturated rings. The SMILES string of the molecule is CC(C)C1(F)CC(N)C1. The van der Waals surface area contributed by atoms with Crippen LogP contribution < -0.4 is 5.73 Å². The van der Waals surface area contributed by atoms with Crippen LogP contribution in [0.4, 0.5) is 4.39 Å². The summed E-state index contributed by atoms with van der Waals surface area (Å²) in [5, 5.41) is 0. The summed E-state index contributed by atoms with van der Waals surface area (Å²) in [6.45, 7) is 3.82. The Balaban J connectivity index is 2.40. The maximum absolute atomic E-state index is 13.2. The van der Waals surface area contributed by atoms with E-state index in [1.54, 1.807) is 0 Å². The highest BCUT2D eigenvalue weighted by molar-refractivity contribution is 4.98. The Morgan fingerprint density at radius 3 is 2.11 bits per heavy atom. The number of halogens is 1. The Hall–Kier alpha value is -0.110. The molecule has 0 aromatic rings. The quantitative estimate of drug-likeness (QED) is 0.573.